The molecule has 12 atom stereocenters. The van der Waals surface area contributed by atoms with Gasteiger partial charge in [0.2, 0.25) is 0 Å². The van der Waals surface area contributed by atoms with Crippen LogP contribution in [0, 0.1) is 47.3 Å². The summed E-state index contributed by atoms with van der Waals surface area (Å²) in [6.07, 6.45) is 24.9. The van der Waals surface area contributed by atoms with E-state index in [0.29, 0.717) is 0 Å². The van der Waals surface area contributed by atoms with E-state index in [-0.39, 0.29) is 0 Å². The van der Waals surface area contributed by atoms with Gasteiger partial charge in [-0.15, -0.1) is 0 Å². The molecule has 1 aromatic carbocycles. The molecule has 0 N–H and O–H groups in total. The smallest absolute Gasteiger partial charge is 0.0125 e. The van der Waals surface area contributed by atoms with Crippen molar-refractivity contribution in [1.29, 1.82) is 0 Å². The van der Waals surface area contributed by atoms with Crippen molar-refractivity contribution < 1.29 is 0 Å². The Bertz CT molecular complexity index is 909. The van der Waals surface area contributed by atoms with E-state index < -0.39 is 0 Å². The minimum absolute atomic E-state index is 0.930. The first-order chi connectivity index (χ1) is 16.8. The van der Waals surface area contributed by atoms with Gasteiger partial charge >= 0.3 is 0 Å². The molecular weight excluding hydrogens is 408 g/mol. The Labute approximate surface area is 208 Å². The Morgan fingerprint density at radius 2 is 0.676 bits per heavy atom. The van der Waals surface area contributed by atoms with Gasteiger partial charge in [-0.1, -0.05) is 37.8 Å². The van der Waals surface area contributed by atoms with E-state index in [9.17, 15) is 0 Å². The second-order valence-corrected chi connectivity index (χ2v) is 15.2. The van der Waals surface area contributed by atoms with Crippen LogP contribution >= 0.6 is 0 Å². The van der Waals surface area contributed by atoms with E-state index in [1.807, 2.05) is 11.1 Å². The fourth-order valence-corrected chi connectivity index (χ4v) is 12.6. The summed E-state index contributed by atoms with van der Waals surface area (Å²) in [4.78, 5) is 0. The summed E-state index contributed by atoms with van der Waals surface area (Å²) in [6, 6.07) is 5.59. The molecule has 0 heterocycles. The molecule has 12 unspecified atom stereocenters. The molecule has 34 heavy (non-hydrogen) atoms. The van der Waals surface area contributed by atoms with Crippen LogP contribution in [0.25, 0.3) is 0 Å². The van der Waals surface area contributed by atoms with Crippen molar-refractivity contribution in [2.45, 2.75) is 126 Å². The van der Waals surface area contributed by atoms with Crippen LogP contribution in [0.1, 0.15) is 149 Å². The highest BCUT2D eigenvalue weighted by molar-refractivity contribution is 5.51. The van der Waals surface area contributed by atoms with Crippen molar-refractivity contribution in [2.75, 3.05) is 0 Å². The topological polar surface area (TPSA) is 0 Å². The van der Waals surface area contributed by atoms with E-state index in [1.165, 1.54) is 0 Å². The Morgan fingerprint density at radius 1 is 0.353 bits per heavy atom. The van der Waals surface area contributed by atoms with Gasteiger partial charge in [-0.05, 0) is 170 Å². The van der Waals surface area contributed by atoms with Gasteiger partial charge < -0.3 is 0 Å². The molecule has 0 spiro atoms. The van der Waals surface area contributed by atoms with Crippen molar-refractivity contribution in [3.63, 3.8) is 0 Å². The maximum Gasteiger partial charge on any atom is -0.0125 e. The van der Waals surface area contributed by atoms with Crippen LogP contribution in [0.4, 0.5) is 0 Å². The maximum atomic E-state index is 2.80. The summed E-state index contributed by atoms with van der Waals surface area (Å²) in [5, 5.41) is 0. The van der Waals surface area contributed by atoms with Gasteiger partial charge in [-0.3, -0.25) is 0 Å². The number of hydrogen-bond acceptors (Lipinski definition) is 0. The van der Waals surface area contributed by atoms with Crippen molar-refractivity contribution in [3.05, 3.63) is 34.4 Å². The second-order valence-electron chi connectivity index (χ2n) is 15.2. The minimum atomic E-state index is 0.930. The highest BCUT2D eigenvalue weighted by Gasteiger charge is 2.50. The van der Waals surface area contributed by atoms with E-state index in [4.69, 9.17) is 0 Å². The Morgan fingerprint density at radius 3 is 0.941 bits per heavy atom. The van der Waals surface area contributed by atoms with Crippen LogP contribution in [0.5, 0.6) is 0 Å². The molecule has 182 valence electrons. The van der Waals surface area contributed by atoms with Gasteiger partial charge in [-0.2, -0.15) is 0 Å². The lowest BCUT2D eigenvalue weighted by Gasteiger charge is -2.38. The van der Waals surface area contributed by atoms with Crippen molar-refractivity contribution in [3.8, 4) is 0 Å². The summed E-state index contributed by atoms with van der Waals surface area (Å²) in [6.45, 7) is 0. The molecule has 8 bridgehead atoms. The van der Waals surface area contributed by atoms with E-state index >= 15 is 0 Å². The van der Waals surface area contributed by atoms with Gasteiger partial charge in [0.05, 0.1) is 0 Å². The first kappa shape index (κ1) is 20.3. The zero-order valence-corrected chi connectivity index (χ0v) is 21.4. The van der Waals surface area contributed by atoms with Crippen LogP contribution < -0.4 is 0 Å². The van der Waals surface area contributed by atoms with Gasteiger partial charge in [0.25, 0.3) is 0 Å². The van der Waals surface area contributed by atoms with E-state index in [1.54, 1.807) is 103 Å². The average molecular weight is 455 g/mol. The molecule has 8 aliphatic carbocycles. The van der Waals surface area contributed by atoms with Crippen LogP contribution in [0.15, 0.2) is 12.1 Å². The monoisotopic (exact) mass is 454 g/mol. The standard InChI is InChI=1S/C34H46/c1-5-23-11-19(1)15-29(23)27-9-10-28(30-16-20-2-6-24(30)12-20)34(32-18-22-4-8-26(32)14-22)33(27)31-17-21-3-7-25(31)13-21/h9-10,19-26,29-32H,1-8,11-18H2. The lowest BCUT2D eigenvalue weighted by atomic mass is 9.66. The third-order valence-electron chi connectivity index (χ3n) is 13.8. The Hall–Kier alpha value is -0.780. The van der Waals surface area contributed by atoms with Gasteiger partial charge in [0.1, 0.15) is 0 Å². The summed E-state index contributed by atoms with van der Waals surface area (Å²) >= 11 is 0. The summed E-state index contributed by atoms with van der Waals surface area (Å²) in [7, 11) is 0. The average Bonchev–Trinajstić information content (AvgIpc) is 3.73. The normalized spacial score (nSPS) is 52.0. The lowest BCUT2D eigenvalue weighted by Crippen LogP contribution is -2.24. The predicted octanol–water partition coefficient (Wildman–Crippen LogP) is 9.30. The fraction of sp³-hybridized carbons (Fsp3) is 0.824. The van der Waals surface area contributed by atoms with Crippen LogP contribution in [0.2, 0.25) is 0 Å². The number of benzene rings is 1. The largest absolute Gasteiger partial charge is 0.0582 e. The molecule has 0 nitrogen and oxygen atoms in total. The molecule has 0 aliphatic heterocycles. The Balaban J connectivity index is 1.23. The maximum absolute atomic E-state index is 2.80. The molecule has 0 heteroatoms. The van der Waals surface area contributed by atoms with Crippen molar-refractivity contribution in [1.82, 2.24) is 0 Å². The summed E-state index contributed by atoms with van der Waals surface area (Å²) in [5.41, 5.74) is 7.99. The zero-order chi connectivity index (χ0) is 22.0. The van der Waals surface area contributed by atoms with Crippen molar-refractivity contribution >= 4 is 0 Å². The molecule has 0 amide bonds. The Kier molecular flexibility index (Phi) is 4.41. The number of hydrogen-bond donors (Lipinski definition) is 0. The van der Waals surface area contributed by atoms with Crippen molar-refractivity contribution in [2.24, 2.45) is 47.3 Å². The molecule has 8 saturated carbocycles. The lowest BCUT2D eigenvalue weighted by molar-refractivity contribution is 0.370. The van der Waals surface area contributed by atoms with Crippen LogP contribution in [-0.2, 0) is 0 Å². The van der Waals surface area contributed by atoms with Crippen LogP contribution in [-0.4, -0.2) is 0 Å². The molecule has 8 aliphatic rings. The first-order valence-electron chi connectivity index (χ1n) is 15.9. The second kappa shape index (κ2) is 7.38. The molecule has 0 radical (unpaired) electrons. The summed E-state index contributed by atoms with van der Waals surface area (Å²) < 4.78 is 0. The molecule has 0 saturated heterocycles. The highest BCUT2D eigenvalue weighted by Crippen LogP contribution is 2.64. The van der Waals surface area contributed by atoms with E-state index in [0.717, 1.165) is 71.0 Å². The first-order valence-corrected chi connectivity index (χ1v) is 15.9. The molecule has 9 rings (SSSR count). The molecule has 8 fully saturated rings. The number of fused-ring (bicyclic) bond motifs is 8. The van der Waals surface area contributed by atoms with Gasteiger partial charge in [-0.25, -0.2) is 0 Å². The molecule has 1 aromatic rings. The van der Waals surface area contributed by atoms with Crippen LogP contribution in [0.3, 0.4) is 0 Å². The molecular formula is C34H46. The molecule has 0 aromatic heterocycles. The predicted molar refractivity (Wildman–Crippen MR) is 139 cm³/mol. The SMILES string of the molecule is c1cc(C2CC3CCC2C3)c(C2CC3CCC2C3)c(C2CC3CCC2C3)c1C1CC2CCC1C2. The van der Waals surface area contributed by atoms with Gasteiger partial charge in [0.15, 0.2) is 0 Å². The quantitative estimate of drug-likeness (QED) is 0.425. The highest BCUT2D eigenvalue weighted by atomic mass is 14.5. The number of rotatable bonds is 4. The third kappa shape index (κ3) is 2.84. The zero-order valence-electron chi connectivity index (χ0n) is 21.4. The summed E-state index contributed by atoms with van der Waals surface area (Å²) in [5.74, 6) is 12.2. The minimum Gasteiger partial charge on any atom is -0.0582 e. The van der Waals surface area contributed by atoms with Gasteiger partial charge in [0, 0.05) is 0 Å². The fourth-order valence-electron chi connectivity index (χ4n) is 12.6. The third-order valence-corrected chi connectivity index (χ3v) is 13.8. The van der Waals surface area contributed by atoms with E-state index in [2.05, 4.69) is 23.3 Å².